The van der Waals surface area contributed by atoms with E-state index in [9.17, 15) is 4.79 Å². The lowest BCUT2D eigenvalue weighted by Gasteiger charge is -2.12. The highest BCUT2D eigenvalue weighted by Gasteiger charge is 2.19. The van der Waals surface area contributed by atoms with Gasteiger partial charge in [-0.15, -0.1) is 23.5 Å². The first-order valence-electron chi connectivity index (χ1n) is 7.06. The number of hydrogen-bond acceptors (Lipinski definition) is 4. The number of rotatable bonds is 4. The fourth-order valence-electron chi connectivity index (χ4n) is 2.46. The van der Waals surface area contributed by atoms with Gasteiger partial charge in [-0.1, -0.05) is 12.1 Å². The van der Waals surface area contributed by atoms with Gasteiger partial charge in [0.1, 0.15) is 0 Å². The molecule has 0 unspecified atom stereocenters. The molecule has 2 saturated heterocycles. The molecule has 5 heteroatoms. The molecule has 1 aromatic carbocycles. The standard InChI is InChI=1S/C15H19NO2S2/c17-14(16-10-13-2-1-7-18-13)11-3-5-12(6-4-11)15-19-8-9-20-15/h3-6,13,15H,1-2,7-10H2,(H,16,17)/t13-/m1/s1. The fraction of sp³-hybridized carbons (Fsp3) is 0.533. The van der Waals surface area contributed by atoms with Gasteiger partial charge >= 0.3 is 0 Å². The molecule has 1 N–H and O–H groups in total. The van der Waals surface area contributed by atoms with Crippen LogP contribution in [-0.4, -0.2) is 36.7 Å². The molecule has 1 atom stereocenters. The van der Waals surface area contributed by atoms with Crippen molar-refractivity contribution in [3.8, 4) is 0 Å². The second-order valence-electron chi connectivity index (χ2n) is 5.04. The van der Waals surface area contributed by atoms with Gasteiger partial charge in [-0.05, 0) is 30.5 Å². The van der Waals surface area contributed by atoms with Crippen molar-refractivity contribution in [2.24, 2.45) is 0 Å². The Hall–Kier alpha value is -0.650. The van der Waals surface area contributed by atoms with Crippen LogP contribution in [0.15, 0.2) is 24.3 Å². The highest BCUT2D eigenvalue weighted by Crippen LogP contribution is 2.45. The van der Waals surface area contributed by atoms with E-state index < -0.39 is 0 Å². The number of ether oxygens (including phenoxy) is 1. The summed E-state index contributed by atoms with van der Waals surface area (Å²) in [5.41, 5.74) is 2.05. The van der Waals surface area contributed by atoms with E-state index in [1.54, 1.807) is 0 Å². The van der Waals surface area contributed by atoms with Crippen molar-refractivity contribution in [3.05, 3.63) is 35.4 Å². The number of hydrogen-bond donors (Lipinski definition) is 1. The second kappa shape index (κ2) is 6.87. The normalized spacial score (nSPS) is 23.1. The molecule has 3 nitrogen and oxygen atoms in total. The first-order chi connectivity index (χ1) is 9.83. The minimum absolute atomic E-state index is 0.00113. The Morgan fingerprint density at radius 2 is 2.00 bits per heavy atom. The molecule has 0 saturated carbocycles. The van der Waals surface area contributed by atoms with Crippen molar-refractivity contribution in [2.45, 2.75) is 23.5 Å². The van der Waals surface area contributed by atoms with Gasteiger partial charge in [0.25, 0.3) is 5.91 Å². The molecule has 2 fully saturated rings. The summed E-state index contributed by atoms with van der Waals surface area (Å²) in [5, 5.41) is 2.96. The molecule has 1 amide bonds. The summed E-state index contributed by atoms with van der Waals surface area (Å²) in [4.78, 5) is 12.1. The molecule has 108 valence electrons. The van der Waals surface area contributed by atoms with Crippen molar-refractivity contribution >= 4 is 29.4 Å². The molecule has 0 spiro atoms. The summed E-state index contributed by atoms with van der Waals surface area (Å²) in [6, 6.07) is 8.02. The molecule has 0 aliphatic carbocycles. The zero-order valence-corrected chi connectivity index (χ0v) is 13.0. The summed E-state index contributed by atoms with van der Waals surface area (Å²) in [5.74, 6) is 2.44. The molecule has 2 heterocycles. The molecule has 0 bridgehead atoms. The van der Waals surface area contributed by atoms with Crippen LogP contribution in [0.1, 0.15) is 33.3 Å². The SMILES string of the molecule is O=C(NC[C@H]1CCCO1)c1ccc(C2SCCS2)cc1. The third-order valence-electron chi connectivity index (χ3n) is 3.58. The Balaban J connectivity index is 1.54. The highest BCUT2D eigenvalue weighted by molar-refractivity contribution is 8.19. The highest BCUT2D eigenvalue weighted by atomic mass is 32.2. The van der Waals surface area contributed by atoms with Gasteiger partial charge in [0.2, 0.25) is 0 Å². The molecule has 3 rings (SSSR count). The van der Waals surface area contributed by atoms with E-state index in [1.165, 1.54) is 17.1 Å². The molecule has 2 aliphatic heterocycles. The molecule has 1 aromatic rings. The number of thioether (sulfide) groups is 2. The van der Waals surface area contributed by atoms with Crippen molar-refractivity contribution in [2.75, 3.05) is 24.7 Å². The van der Waals surface area contributed by atoms with E-state index in [1.807, 2.05) is 35.7 Å². The molecule has 0 radical (unpaired) electrons. The van der Waals surface area contributed by atoms with E-state index in [-0.39, 0.29) is 12.0 Å². The van der Waals surface area contributed by atoms with E-state index in [2.05, 4.69) is 17.4 Å². The van der Waals surface area contributed by atoms with Crippen LogP contribution in [0.2, 0.25) is 0 Å². The van der Waals surface area contributed by atoms with Crippen LogP contribution in [0.25, 0.3) is 0 Å². The molecule has 20 heavy (non-hydrogen) atoms. The van der Waals surface area contributed by atoms with Gasteiger partial charge in [0.15, 0.2) is 0 Å². The van der Waals surface area contributed by atoms with Crippen molar-refractivity contribution in [1.29, 1.82) is 0 Å². The van der Waals surface area contributed by atoms with E-state index in [0.717, 1.165) is 25.0 Å². The quantitative estimate of drug-likeness (QED) is 0.927. The number of benzene rings is 1. The van der Waals surface area contributed by atoms with Crippen LogP contribution in [-0.2, 0) is 4.74 Å². The smallest absolute Gasteiger partial charge is 0.251 e. The predicted molar refractivity (Wildman–Crippen MR) is 85.4 cm³/mol. The van der Waals surface area contributed by atoms with E-state index in [0.29, 0.717) is 11.1 Å². The monoisotopic (exact) mass is 309 g/mol. The summed E-state index contributed by atoms with van der Waals surface area (Å²) < 4.78 is 6.05. The lowest BCUT2D eigenvalue weighted by atomic mass is 10.1. The lowest BCUT2D eigenvalue weighted by Crippen LogP contribution is -2.31. The number of nitrogens with one attached hydrogen (secondary N) is 1. The first kappa shape index (κ1) is 14.3. The Kier molecular flexibility index (Phi) is 4.91. The van der Waals surface area contributed by atoms with Gasteiger partial charge in [-0.3, -0.25) is 4.79 Å². The van der Waals surface area contributed by atoms with Crippen molar-refractivity contribution < 1.29 is 9.53 Å². The minimum Gasteiger partial charge on any atom is -0.376 e. The average molecular weight is 309 g/mol. The number of amides is 1. The average Bonchev–Trinajstić information content (AvgIpc) is 3.18. The minimum atomic E-state index is -0.00113. The fourth-order valence-corrected chi connectivity index (χ4v) is 5.32. The zero-order valence-electron chi connectivity index (χ0n) is 11.3. The van der Waals surface area contributed by atoms with Crippen LogP contribution in [0.5, 0.6) is 0 Å². The summed E-state index contributed by atoms with van der Waals surface area (Å²) in [6.07, 6.45) is 2.35. The van der Waals surface area contributed by atoms with Crippen molar-refractivity contribution in [1.82, 2.24) is 5.32 Å². The van der Waals surface area contributed by atoms with Crippen LogP contribution < -0.4 is 5.32 Å². The third kappa shape index (κ3) is 3.51. The van der Waals surface area contributed by atoms with Gasteiger partial charge in [-0.2, -0.15) is 0 Å². The van der Waals surface area contributed by atoms with Crippen LogP contribution in [0.4, 0.5) is 0 Å². The van der Waals surface area contributed by atoms with Crippen LogP contribution >= 0.6 is 23.5 Å². The summed E-state index contributed by atoms with van der Waals surface area (Å²) in [7, 11) is 0. The van der Waals surface area contributed by atoms with E-state index >= 15 is 0 Å². The molecule has 2 aliphatic rings. The van der Waals surface area contributed by atoms with E-state index in [4.69, 9.17) is 4.74 Å². The molecule has 0 aromatic heterocycles. The van der Waals surface area contributed by atoms with Gasteiger partial charge in [-0.25, -0.2) is 0 Å². The number of carbonyl (C=O) groups is 1. The summed E-state index contributed by atoms with van der Waals surface area (Å²) >= 11 is 3.97. The van der Waals surface area contributed by atoms with Crippen molar-refractivity contribution in [3.63, 3.8) is 0 Å². The molecular formula is C15H19NO2S2. The molecular weight excluding hydrogens is 290 g/mol. The van der Waals surface area contributed by atoms with Gasteiger partial charge < -0.3 is 10.1 Å². The maximum absolute atomic E-state index is 12.1. The Bertz CT molecular complexity index is 451. The topological polar surface area (TPSA) is 38.3 Å². The Labute approximate surface area is 128 Å². The Morgan fingerprint density at radius 1 is 1.25 bits per heavy atom. The number of carbonyl (C=O) groups excluding carboxylic acids is 1. The zero-order chi connectivity index (χ0) is 13.8. The lowest BCUT2D eigenvalue weighted by molar-refractivity contribution is 0.0858. The summed E-state index contributed by atoms with van der Waals surface area (Å²) in [6.45, 7) is 1.45. The van der Waals surface area contributed by atoms with Crippen LogP contribution in [0, 0.1) is 0 Å². The third-order valence-corrected chi connectivity index (χ3v) is 6.69. The predicted octanol–water partition coefficient (Wildman–Crippen LogP) is 3.07. The maximum atomic E-state index is 12.1. The largest absolute Gasteiger partial charge is 0.376 e. The maximum Gasteiger partial charge on any atom is 0.251 e. The Morgan fingerprint density at radius 3 is 2.65 bits per heavy atom. The second-order valence-corrected chi connectivity index (χ2v) is 7.76. The first-order valence-corrected chi connectivity index (χ1v) is 9.15. The van der Waals surface area contributed by atoms with Gasteiger partial charge in [0.05, 0.1) is 10.7 Å². The van der Waals surface area contributed by atoms with Crippen LogP contribution in [0.3, 0.4) is 0 Å². The van der Waals surface area contributed by atoms with Gasteiger partial charge in [0, 0.05) is 30.2 Å².